The number of aromatic nitrogens is 2. The predicted octanol–water partition coefficient (Wildman–Crippen LogP) is 3.88. The molecule has 0 atom stereocenters. The normalized spacial score (nSPS) is 11.9. The smallest absolute Gasteiger partial charge is 0.328 e. The van der Waals surface area contributed by atoms with E-state index in [0.717, 1.165) is 27.9 Å². The van der Waals surface area contributed by atoms with Crippen LogP contribution in [0.1, 0.15) is 22.7 Å². The summed E-state index contributed by atoms with van der Waals surface area (Å²) < 4.78 is 39.4. The van der Waals surface area contributed by atoms with Crippen LogP contribution in [0.15, 0.2) is 62.8 Å². The Labute approximate surface area is 173 Å². The predicted molar refractivity (Wildman–Crippen MR) is 113 cm³/mol. The van der Waals surface area contributed by atoms with Crippen molar-refractivity contribution in [1.82, 2.24) is 9.55 Å². The molecule has 0 aliphatic rings. The van der Waals surface area contributed by atoms with Crippen LogP contribution in [-0.4, -0.2) is 22.5 Å². The second-order valence-electron chi connectivity index (χ2n) is 7.27. The second-order valence-corrected chi connectivity index (χ2v) is 8.59. The maximum Gasteiger partial charge on any atom is 0.328 e. The summed E-state index contributed by atoms with van der Waals surface area (Å²) in [5.41, 5.74) is 4.15. The van der Waals surface area contributed by atoms with Crippen LogP contribution >= 0.6 is 0 Å². The lowest BCUT2D eigenvalue weighted by atomic mass is 10.1. The highest BCUT2D eigenvalue weighted by molar-refractivity contribution is 7.85. The number of pyridine rings is 2. The van der Waals surface area contributed by atoms with E-state index in [1.165, 1.54) is 6.07 Å². The SMILES string of the molecule is Cc1cc2c(ccc(=O)n2Cc2ccc(-c3cc(C)oc3S(=O)(=O)O)cc2)c(C)n1. The molecule has 8 heteroatoms. The van der Waals surface area contributed by atoms with E-state index in [2.05, 4.69) is 4.98 Å². The summed E-state index contributed by atoms with van der Waals surface area (Å²) in [5, 5.41) is 0.444. The Morgan fingerprint density at radius 3 is 2.40 bits per heavy atom. The molecule has 0 amide bonds. The maximum atomic E-state index is 12.5. The molecule has 0 spiro atoms. The monoisotopic (exact) mass is 424 g/mol. The summed E-state index contributed by atoms with van der Waals surface area (Å²) in [6.45, 7) is 5.77. The van der Waals surface area contributed by atoms with Crippen molar-refractivity contribution in [3.8, 4) is 11.1 Å². The molecule has 0 radical (unpaired) electrons. The van der Waals surface area contributed by atoms with Gasteiger partial charge in [0.2, 0.25) is 0 Å². The molecule has 1 aromatic carbocycles. The lowest BCUT2D eigenvalue weighted by molar-refractivity contribution is 0.395. The number of hydrogen-bond donors (Lipinski definition) is 1. The van der Waals surface area contributed by atoms with Crippen molar-refractivity contribution in [3.63, 3.8) is 0 Å². The van der Waals surface area contributed by atoms with Crippen molar-refractivity contribution in [2.75, 3.05) is 0 Å². The van der Waals surface area contributed by atoms with Gasteiger partial charge in [0.05, 0.1) is 12.1 Å². The number of furan rings is 1. The zero-order valence-corrected chi connectivity index (χ0v) is 17.5. The van der Waals surface area contributed by atoms with E-state index >= 15 is 0 Å². The molecule has 4 rings (SSSR count). The molecular weight excluding hydrogens is 404 g/mol. The zero-order valence-electron chi connectivity index (χ0n) is 16.7. The largest absolute Gasteiger partial charge is 0.447 e. The first-order valence-corrected chi connectivity index (χ1v) is 10.7. The van der Waals surface area contributed by atoms with Crippen LogP contribution in [0, 0.1) is 20.8 Å². The van der Waals surface area contributed by atoms with Gasteiger partial charge in [0.1, 0.15) is 5.76 Å². The summed E-state index contributed by atoms with van der Waals surface area (Å²) >= 11 is 0. The lowest BCUT2D eigenvalue weighted by Gasteiger charge is -2.12. The van der Waals surface area contributed by atoms with Crippen LogP contribution in [0.5, 0.6) is 0 Å². The lowest BCUT2D eigenvalue weighted by Crippen LogP contribution is -2.20. The molecule has 0 fully saturated rings. The third-order valence-electron chi connectivity index (χ3n) is 4.97. The fourth-order valence-corrected chi connectivity index (χ4v) is 4.32. The van der Waals surface area contributed by atoms with Crippen molar-refractivity contribution < 1.29 is 17.4 Å². The number of nitrogens with zero attached hydrogens (tertiary/aromatic N) is 2. The highest BCUT2D eigenvalue weighted by Crippen LogP contribution is 2.31. The van der Waals surface area contributed by atoms with E-state index in [9.17, 15) is 17.8 Å². The van der Waals surface area contributed by atoms with Gasteiger partial charge in [-0.25, -0.2) is 0 Å². The standard InChI is InChI=1S/C22H20N2O5S/c1-13-10-20-18(15(3)23-13)8-9-21(25)24(20)12-16-4-6-17(7-5-16)19-11-14(2)29-22(19)30(26,27)28/h4-11H,12H2,1-3H3,(H,26,27,28). The third kappa shape index (κ3) is 3.67. The van der Waals surface area contributed by atoms with Gasteiger partial charge in [0, 0.05) is 28.4 Å². The highest BCUT2D eigenvalue weighted by atomic mass is 32.2. The third-order valence-corrected chi connectivity index (χ3v) is 5.74. The van der Waals surface area contributed by atoms with E-state index in [0.29, 0.717) is 23.4 Å². The van der Waals surface area contributed by atoms with Crippen LogP contribution in [0.4, 0.5) is 0 Å². The number of hydrogen-bond acceptors (Lipinski definition) is 5. The van der Waals surface area contributed by atoms with Crippen molar-refractivity contribution >= 4 is 21.0 Å². The van der Waals surface area contributed by atoms with Crippen LogP contribution in [-0.2, 0) is 16.7 Å². The molecule has 0 unspecified atom stereocenters. The fourth-order valence-electron chi connectivity index (χ4n) is 3.63. The highest BCUT2D eigenvalue weighted by Gasteiger charge is 2.22. The Morgan fingerprint density at radius 1 is 1.03 bits per heavy atom. The van der Waals surface area contributed by atoms with Crippen molar-refractivity contribution in [1.29, 1.82) is 0 Å². The first kappa shape index (κ1) is 20.1. The molecule has 0 saturated carbocycles. The van der Waals surface area contributed by atoms with Crippen molar-refractivity contribution in [3.05, 3.63) is 81.6 Å². The molecular formula is C22H20N2O5S. The molecule has 3 aromatic heterocycles. The van der Waals surface area contributed by atoms with Gasteiger partial charge in [-0.05, 0) is 50.1 Å². The molecule has 0 aliphatic carbocycles. The summed E-state index contributed by atoms with van der Waals surface area (Å²) in [4.78, 5) is 17.0. The Kier molecular flexibility index (Phi) is 4.83. The second kappa shape index (κ2) is 7.23. The minimum Gasteiger partial charge on any atom is -0.447 e. The van der Waals surface area contributed by atoms with Crippen molar-refractivity contribution in [2.24, 2.45) is 0 Å². The Hall–Kier alpha value is -3.23. The van der Waals surface area contributed by atoms with Crippen LogP contribution in [0.25, 0.3) is 22.0 Å². The average molecular weight is 424 g/mol. The molecule has 0 bridgehead atoms. The van der Waals surface area contributed by atoms with Crippen LogP contribution < -0.4 is 5.56 Å². The van der Waals surface area contributed by atoms with E-state index in [1.54, 1.807) is 35.8 Å². The van der Waals surface area contributed by atoms with Gasteiger partial charge in [-0.1, -0.05) is 24.3 Å². The molecule has 3 heterocycles. The summed E-state index contributed by atoms with van der Waals surface area (Å²) in [6, 6.07) is 13.9. The minimum absolute atomic E-state index is 0.115. The summed E-state index contributed by atoms with van der Waals surface area (Å²) in [6.07, 6.45) is 0. The summed E-state index contributed by atoms with van der Waals surface area (Å²) in [5.74, 6) is 0.378. The number of benzene rings is 1. The molecule has 4 aromatic rings. The van der Waals surface area contributed by atoms with E-state index < -0.39 is 15.2 Å². The van der Waals surface area contributed by atoms with Gasteiger partial charge < -0.3 is 8.98 Å². The Bertz CT molecular complexity index is 1430. The number of fused-ring (bicyclic) bond motifs is 1. The maximum absolute atomic E-state index is 12.5. The Morgan fingerprint density at radius 2 is 1.73 bits per heavy atom. The molecule has 7 nitrogen and oxygen atoms in total. The first-order chi connectivity index (χ1) is 14.1. The zero-order chi connectivity index (χ0) is 21.6. The van der Waals surface area contributed by atoms with Crippen LogP contribution in [0.2, 0.25) is 0 Å². The van der Waals surface area contributed by atoms with Gasteiger partial charge in [-0.15, -0.1) is 0 Å². The molecule has 0 aliphatic heterocycles. The van der Waals surface area contributed by atoms with Gasteiger partial charge in [-0.3, -0.25) is 14.3 Å². The van der Waals surface area contributed by atoms with Gasteiger partial charge in [-0.2, -0.15) is 8.42 Å². The van der Waals surface area contributed by atoms with E-state index in [4.69, 9.17) is 4.42 Å². The van der Waals surface area contributed by atoms with Crippen LogP contribution in [0.3, 0.4) is 0 Å². The molecule has 0 saturated heterocycles. The average Bonchev–Trinajstić information content (AvgIpc) is 3.07. The van der Waals surface area contributed by atoms with Crippen molar-refractivity contribution in [2.45, 2.75) is 32.4 Å². The van der Waals surface area contributed by atoms with Gasteiger partial charge in [0.15, 0.2) is 0 Å². The number of aryl methyl sites for hydroxylation is 3. The first-order valence-electron chi connectivity index (χ1n) is 9.28. The molecule has 1 N–H and O–H groups in total. The number of rotatable bonds is 4. The Balaban J connectivity index is 1.74. The van der Waals surface area contributed by atoms with E-state index in [1.807, 2.05) is 32.0 Å². The quantitative estimate of drug-likeness (QED) is 0.499. The van der Waals surface area contributed by atoms with Gasteiger partial charge in [0.25, 0.3) is 10.7 Å². The molecule has 154 valence electrons. The van der Waals surface area contributed by atoms with E-state index in [-0.39, 0.29) is 5.56 Å². The fraction of sp³-hybridized carbons (Fsp3) is 0.182. The van der Waals surface area contributed by atoms with Gasteiger partial charge >= 0.3 is 10.1 Å². The summed E-state index contributed by atoms with van der Waals surface area (Å²) in [7, 11) is -4.48. The minimum atomic E-state index is -4.48. The topological polar surface area (TPSA) is 102 Å². The molecule has 30 heavy (non-hydrogen) atoms.